The highest BCUT2D eigenvalue weighted by atomic mass is 32.2. The van der Waals surface area contributed by atoms with Crippen LogP contribution in [0.25, 0.3) is 21.6 Å². The van der Waals surface area contributed by atoms with E-state index in [1.54, 1.807) is 46.9 Å². The molecule has 12 heteroatoms. The predicted octanol–water partition coefficient (Wildman–Crippen LogP) is 5.42. The molecule has 37 heavy (non-hydrogen) atoms. The number of aromatic nitrogens is 2. The monoisotopic (exact) mass is 547 g/mol. The number of nitrogens with one attached hydrogen (secondary N) is 1. The lowest BCUT2D eigenvalue weighted by Gasteiger charge is -2.30. The summed E-state index contributed by atoms with van der Waals surface area (Å²) in [4.78, 5) is 9.58. The van der Waals surface area contributed by atoms with Crippen LogP contribution in [0.4, 0.5) is 18.9 Å². The third kappa shape index (κ3) is 5.17. The summed E-state index contributed by atoms with van der Waals surface area (Å²) in [5.41, 5.74) is -0.949. The minimum atomic E-state index is -5.59. The van der Waals surface area contributed by atoms with Crippen molar-refractivity contribution in [3.8, 4) is 27.3 Å². The molecule has 0 aliphatic carbocycles. The fourth-order valence-electron chi connectivity index (χ4n) is 4.13. The number of nitrogens with zero attached hydrogens (tertiary/aromatic N) is 2. The number of anilines is 1. The molecule has 0 bridgehead atoms. The standard InChI is InChI=1S/C25H20F3N3O4S2/c26-25(27,28)37(33,34)31-21-4-2-1-3-19(21)15-6-8-20-22(10-15)35-13-17(24(20)32)9-18-7-5-16(11-30-18)23-12-29-14-36-23/h1-8,10-12,14,17,24,31-32H,9,13H2/t17-,24+/m0/s1. The van der Waals surface area contributed by atoms with Crippen LogP contribution in [0.5, 0.6) is 5.75 Å². The zero-order valence-corrected chi connectivity index (χ0v) is 20.6. The van der Waals surface area contributed by atoms with Crippen LogP contribution in [0.2, 0.25) is 0 Å². The van der Waals surface area contributed by atoms with Gasteiger partial charge in [-0.25, -0.2) is 0 Å². The number of aliphatic hydroxyl groups excluding tert-OH is 1. The van der Waals surface area contributed by atoms with Crippen molar-refractivity contribution in [2.45, 2.75) is 18.0 Å². The minimum absolute atomic E-state index is 0.207. The van der Waals surface area contributed by atoms with Crippen molar-refractivity contribution in [3.63, 3.8) is 0 Å². The number of para-hydroxylation sites is 1. The van der Waals surface area contributed by atoms with E-state index in [0.717, 1.165) is 16.1 Å². The number of fused-ring (bicyclic) bond motifs is 1. The van der Waals surface area contributed by atoms with E-state index < -0.39 is 21.6 Å². The third-order valence-corrected chi connectivity index (χ3v) is 7.95. The molecule has 1 aliphatic heterocycles. The molecular formula is C25H20F3N3O4S2. The van der Waals surface area contributed by atoms with Crippen molar-refractivity contribution in [3.05, 3.63) is 83.8 Å². The maximum absolute atomic E-state index is 12.9. The Hall–Kier alpha value is -3.48. The fraction of sp³-hybridized carbons (Fsp3) is 0.200. The van der Waals surface area contributed by atoms with Gasteiger partial charge in [0.2, 0.25) is 0 Å². The van der Waals surface area contributed by atoms with Gasteiger partial charge in [0.15, 0.2) is 0 Å². The first kappa shape index (κ1) is 25.2. The Balaban J connectivity index is 1.35. The zero-order chi connectivity index (χ0) is 26.2. The minimum Gasteiger partial charge on any atom is -0.493 e. The van der Waals surface area contributed by atoms with Crippen molar-refractivity contribution in [1.29, 1.82) is 0 Å². The SMILES string of the molecule is O=S(=O)(Nc1ccccc1-c1ccc2c(c1)OC[C@H](Cc1ccc(-c3cncs3)cn1)[C@H]2O)C(F)(F)F. The number of pyridine rings is 1. The van der Waals surface area contributed by atoms with Crippen LogP contribution in [0.15, 0.2) is 72.5 Å². The Labute approximate surface area is 214 Å². The van der Waals surface area contributed by atoms with Gasteiger partial charge in [0.05, 0.1) is 28.8 Å². The van der Waals surface area contributed by atoms with Crippen molar-refractivity contribution in [2.75, 3.05) is 11.3 Å². The second-order valence-electron chi connectivity index (χ2n) is 8.47. The Morgan fingerprint density at radius 3 is 2.57 bits per heavy atom. The number of halogens is 3. The first-order valence-electron chi connectivity index (χ1n) is 11.1. The number of ether oxygens (including phenoxy) is 1. The molecule has 0 saturated heterocycles. The largest absolute Gasteiger partial charge is 0.516 e. The first-order chi connectivity index (χ1) is 17.6. The van der Waals surface area contributed by atoms with Crippen LogP contribution >= 0.6 is 11.3 Å². The van der Waals surface area contributed by atoms with Gasteiger partial charge in [-0.2, -0.15) is 21.6 Å². The summed E-state index contributed by atoms with van der Waals surface area (Å²) in [5, 5.41) is 11.0. The van der Waals surface area contributed by atoms with Crippen molar-refractivity contribution >= 4 is 27.0 Å². The molecule has 0 saturated carbocycles. The van der Waals surface area contributed by atoms with E-state index in [-0.39, 0.29) is 23.8 Å². The highest BCUT2D eigenvalue weighted by Gasteiger charge is 2.46. The second-order valence-corrected chi connectivity index (χ2v) is 11.0. The Morgan fingerprint density at radius 2 is 1.86 bits per heavy atom. The molecule has 2 aromatic heterocycles. The second kappa shape index (κ2) is 9.77. The molecule has 0 fully saturated rings. The van der Waals surface area contributed by atoms with Crippen LogP contribution < -0.4 is 9.46 Å². The molecule has 2 aromatic carbocycles. The van der Waals surface area contributed by atoms with E-state index in [9.17, 15) is 26.7 Å². The molecule has 3 heterocycles. The molecule has 0 unspecified atom stereocenters. The molecule has 5 rings (SSSR count). The summed E-state index contributed by atoms with van der Waals surface area (Å²) in [6.45, 7) is 0.207. The molecule has 4 aromatic rings. The number of rotatable bonds is 6. The zero-order valence-electron chi connectivity index (χ0n) is 19.0. The normalized spacial score (nSPS) is 17.6. The van der Waals surface area contributed by atoms with E-state index >= 15 is 0 Å². The molecule has 7 nitrogen and oxygen atoms in total. The van der Waals surface area contributed by atoms with Crippen molar-refractivity contribution < 1.29 is 31.4 Å². The predicted molar refractivity (Wildman–Crippen MR) is 133 cm³/mol. The summed E-state index contributed by atoms with van der Waals surface area (Å²) >= 11 is 1.52. The quantitative estimate of drug-likeness (QED) is 0.334. The molecule has 2 N–H and O–H groups in total. The molecule has 192 valence electrons. The lowest BCUT2D eigenvalue weighted by Crippen LogP contribution is -2.30. The van der Waals surface area contributed by atoms with Gasteiger partial charge in [-0.15, -0.1) is 11.3 Å². The molecule has 1 aliphatic rings. The first-order valence-corrected chi connectivity index (χ1v) is 13.5. The highest BCUT2D eigenvalue weighted by molar-refractivity contribution is 7.93. The summed E-state index contributed by atoms with van der Waals surface area (Å²) in [6, 6.07) is 14.4. The Bertz CT molecular complexity index is 1510. The van der Waals surface area contributed by atoms with Gasteiger partial charge in [-0.3, -0.25) is 14.7 Å². The molecule has 0 amide bonds. The van der Waals surface area contributed by atoms with Gasteiger partial charge < -0.3 is 9.84 Å². The molecule has 0 radical (unpaired) electrons. The Morgan fingerprint density at radius 1 is 1.08 bits per heavy atom. The van der Waals surface area contributed by atoms with E-state index in [1.165, 1.54) is 29.5 Å². The summed E-state index contributed by atoms with van der Waals surface area (Å²) in [6.07, 6.45) is 3.17. The molecular weight excluding hydrogens is 527 g/mol. The van der Waals surface area contributed by atoms with Crippen molar-refractivity contribution in [2.24, 2.45) is 5.92 Å². The number of hydrogen-bond acceptors (Lipinski definition) is 7. The smallest absolute Gasteiger partial charge is 0.493 e. The summed E-state index contributed by atoms with van der Waals surface area (Å²) in [5.74, 6) is 0.120. The van der Waals surface area contributed by atoms with Gasteiger partial charge in [0, 0.05) is 40.7 Å². The fourth-order valence-corrected chi connectivity index (χ4v) is 5.33. The maximum Gasteiger partial charge on any atom is 0.516 e. The van der Waals surface area contributed by atoms with Gasteiger partial charge >= 0.3 is 15.5 Å². The summed E-state index contributed by atoms with van der Waals surface area (Å²) in [7, 11) is -5.59. The lowest BCUT2D eigenvalue weighted by atomic mass is 9.88. The van der Waals surface area contributed by atoms with Crippen molar-refractivity contribution in [1.82, 2.24) is 9.97 Å². The molecule has 2 atom stereocenters. The van der Waals surface area contributed by atoms with Crippen LogP contribution in [-0.4, -0.2) is 35.6 Å². The maximum atomic E-state index is 12.9. The van der Waals surface area contributed by atoms with E-state index in [1.807, 2.05) is 12.1 Å². The Kier molecular flexibility index (Phi) is 6.65. The third-order valence-electron chi connectivity index (χ3n) is 6.03. The van der Waals surface area contributed by atoms with E-state index in [0.29, 0.717) is 23.3 Å². The lowest BCUT2D eigenvalue weighted by molar-refractivity contribution is -0.0429. The van der Waals surface area contributed by atoms with Crippen LogP contribution in [0, 0.1) is 5.92 Å². The van der Waals surface area contributed by atoms with Crippen LogP contribution in [0.3, 0.4) is 0 Å². The average molecular weight is 548 g/mol. The number of aliphatic hydroxyl groups is 1. The van der Waals surface area contributed by atoms with Gasteiger partial charge in [-0.1, -0.05) is 36.4 Å². The van der Waals surface area contributed by atoms with Gasteiger partial charge in [-0.05, 0) is 30.2 Å². The molecule has 0 spiro atoms. The van der Waals surface area contributed by atoms with Crippen LogP contribution in [-0.2, 0) is 16.4 Å². The van der Waals surface area contributed by atoms with E-state index in [2.05, 4.69) is 9.97 Å². The average Bonchev–Trinajstić information content (AvgIpc) is 3.41. The van der Waals surface area contributed by atoms with Gasteiger partial charge in [0.1, 0.15) is 5.75 Å². The number of sulfonamides is 1. The number of benzene rings is 2. The summed E-state index contributed by atoms with van der Waals surface area (Å²) < 4.78 is 69.5. The van der Waals surface area contributed by atoms with E-state index in [4.69, 9.17) is 4.74 Å². The van der Waals surface area contributed by atoms with Gasteiger partial charge in [0.25, 0.3) is 0 Å². The number of thiazole rings is 1. The van der Waals surface area contributed by atoms with Crippen LogP contribution in [0.1, 0.15) is 17.4 Å². The highest BCUT2D eigenvalue weighted by Crippen LogP contribution is 2.41. The number of alkyl halides is 3. The topological polar surface area (TPSA) is 101 Å². The number of hydrogen-bond donors (Lipinski definition) is 2.